The minimum atomic E-state index is -1.17. The highest BCUT2D eigenvalue weighted by molar-refractivity contribution is 6.53. The first-order valence-electron chi connectivity index (χ1n) is 5.70. The highest BCUT2D eigenvalue weighted by Gasteiger charge is 2.69. The number of ether oxygens (including phenoxy) is 1. The lowest BCUT2D eigenvalue weighted by atomic mass is 10.1. The number of urea groups is 1. The number of hydrogen-bond donors (Lipinski definition) is 2. The van der Waals surface area contributed by atoms with Crippen LogP contribution in [0.2, 0.25) is 0 Å². The van der Waals surface area contributed by atoms with Crippen molar-refractivity contribution in [2.45, 2.75) is 37.6 Å². The molecule has 3 amide bonds. The zero-order valence-electron chi connectivity index (χ0n) is 10.8. The molecule has 0 aromatic rings. The number of esters is 1. The van der Waals surface area contributed by atoms with Crippen LogP contribution >= 0.6 is 23.2 Å². The number of primary amides is 1. The van der Waals surface area contributed by atoms with Crippen molar-refractivity contribution in [2.75, 3.05) is 0 Å². The fraction of sp³-hybridized carbons (Fsp3) is 0.727. The molecule has 8 heteroatoms. The van der Waals surface area contributed by atoms with E-state index in [9.17, 15) is 14.4 Å². The first-order valence-corrected chi connectivity index (χ1v) is 6.46. The topological polar surface area (TPSA) is 98.5 Å². The van der Waals surface area contributed by atoms with Gasteiger partial charge in [-0.3, -0.25) is 14.9 Å². The Labute approximate surface area is 120 Å². The van der Waals surface area contributed by atoms with Gasteiger partial charge < -0.3 is 10.5 Å². The van der Waals surface area contributed by atoms with Crippen LogP contribution in [0.25, 0.3) is 0 Å². The first kappa shape index (κ1) is 16.0. The molecule has 1 saturated carbocycles. The summed E-state index contributed by atoms with van der Waals surface area (Å²) in [6.07, 6.45) is -0.869. The van der Waals surface area contributed by atoms with Crippen LogP contribution in [0.3, 0.4) is 0 Å². The number of nitrogens with two attached hydrogens (primary N) is 1. The molecule has 0 saturated heterocycles. The van der Waals surface area contributed by atoms with Gasteiger partial charge in [0, 0.05) is 6.42 Å². The van der Waals surface area contributed by atoms with E-state index in [2.05, 4.69) is 0 Å². The van der Waals surface area contributed by atoms with E-state index in [1.807, 2.05) is 5.32 Å². The molecule has 0 aromatic heterocycles. The molecule has 6 nitrogen and oxygen atoms in total. The summed E-state index contributed by atoms with van der Waals surface area (Å²) in [5.41, 5.74) is 3.82. The third-order valence-corrected chi connectivity index (χ3v) is 4.15. The predicted octanol–water partition coefficient (Wildman–Crippen LogP) is 1.33. The molecule has 108 valence electrons. The summed E-state index contributed by atoms with van der Waals surface area (Å²) in [5.74, 6) is -1.77. The van der Waals surface area contributed by atoms with Crippen molar-refractivity contribution < 1.29 is 19.1 Å². The van der Waals surface area contributed by atoms with Gasteiger partial charge in [0.2, 0.25) is 0 Å². The quantitative estimate of drug-likeness (QED) is 0.604. The SMILES string of the molecule is CC(C)[C@@H](OC(=O)[C@@]1(C)CC1(Cl)Cl)C(=O)NC(N)=O. The Morgan fingerprint density at radius 3 is 2.11 bits per heavy atom. The second-order valence-corrected chi connectivity index (χ2v) is 6.62. The van der Waals surface area contributed by atoms with Gasteiger partial charge in [-0.2, -0.15) is 0 Å². The standard InChI is InChI=1S/C11H16Cl2N2O4/c1-5(2)6(7(16)15-9(14)18)19-8(17)10(3)4-11(10,12)13/h5-6H,4H2,1-3H3,(H3,14,15,16,18)/t6-,10-/m1/s1. The molecule has 0 spiro atoms. The van der Waals surface area contributed by atoms with Crippen LogP contribution in [0, 0.1) is 11.3 Å². The molecule has 1 rings (SSSR count). The average Bonchev–Trinajstić information content (AvgIpc) is 2.73. The van der Waals surface area contributed by atoms with E-state index >= 15 is 0 Å². The van der Waals surface area contributed by atoms with Gasteiger partial charge in [0.1, 0.15) is 9.75 Å². The van der Waals surface area contributed by atoms with Crippen molar-refractivity contribution in [3.63, 3.8) is 0 Å². The van der Waals surface area contributed by atoms with Crippen molar-refractivity contribution in [1.82, 2.24) is 5.32 Å². The minimum Gasteiger partial charge on any atom is -0.451 e. The molecule has 0 aliphatic heterocycles. The van der Waals surface area contributed by atoms with Gasteiger partial charge in [0.25, 0.3) is 5.91 Å². The number of carbonyl (C=O) groups excluding carboxylic acids is 3. The summed E-state index contributed by atoms with van der Waals surface area (Å²) in [6.45, 7) is 4.89. The highest BCUT2D eigenvalue weighted by atomic mass is 35.5. The molecule has 0 radical (unpaired) electrons. The summed E-state index contributed by atoms with van der Waals surface area (Å²) >= 11 is 11.7. The van der Waals surface area contributed by atoms with Gasteiger partial charge in [0.15, 0.2) is 6.10 Å². The molecule has 1 aliphatic rings. The van der Waals surface area contributed by atoms with Gasteiger partial charge in [-0.05, 0) is 12.8 Å². The molecule has 1 fully saturated rings. The summed E-state index contributed by atoms with van der Waals surface area (Å²) in [6, 6.07) is -1.01. The Kier molecular flexibility index (Phi) is 4.37. The van der Waals surface area contributed by atoms with E-state index < -0.39 is 33.8 Å². The third-order valence-electron chi connectivity index (χ3n) is 3.05. The molecule has 0 aromatic carbocycles. The number of imide groups is 1. The van der Waals surface area contributed by atoms with Gasteiger partial charge >= 0.3 is 12.0 Å². The van der Waals surface area contributed by atoms with E-state index in [1.165, 1.54) is 0 Å². The Bertz CT molecular complexity index is 425. The van der Waals surface area contributed by atoms with Crippen LogP contribution in [0.15, 0.2) is 0 Å². The lowest BCUT2D eigenvalue weighted by Crippen LogP contribution is -2.46. The maximum absolute atomic E-state index is 12.0. The summed E-state index contributed by atoms with van der Waals surface area (Å²) in [7, 11) is 0. The van der Waals surface area contributed by atoms with Crippen molar-refractivity contribution in [1.29, 1.82) is 0 Å². The van der Waals surface area contributed by atoms with E-state index in [1.54, 1.807) is 20.8 Å². The Morgan fingerprint density at radius 2 is 1.79 bits per heavy atom. The fourth-order valence-electron chi connectivity index (χ4n) is 1.55. The molecule has 2 atom stereocenters. The van der Waals surface area contributed by atoms with Gasteiger partial charge in [-0.1, -0.05) is 13.8 Å². The molecule has 0 heterocycles. The zero-order chi connectivity index (χ0) is 15.0. The number of halogens is 2. The second-order valence-electron chi connectivity index (χ2n) is 5.14. The van der Waals surface area contributed by atoms with Gasteiger partial charge in [-0.15, -0.1) is 23.2 Å². The monoisotopic (exact) mass is 310 g/mol. The van der Waals surface area contributed by atoms with Crippen LogP contribution < -0.4 is 11.1 Å². The van der Waals surface area contributed by atoms with Crippen LogP contribution in [-0.4, -0.2) is 28.3 Å². The number of rotatable bonds is 4. The first-order chi connectivity index (χ1) is 8.51. The fourth-order valence-corrected chi connectivity index (χ4v) is 2.24. The normalized spacial score (nSPS) is 25.6. The van der Waals surface area contributed by atoms with Crippen molar-refractivity contribution in [2.24, 2.45) is 17.1 Å². The van der Waals surface area contributed by atoms with E-state index in [-0.39, 0.29) is 12.3 Å². The lowest BCUT2D eigenvalue weighted by molar-refractivity contribution is -0.163. The molecule has 19 heavy (non-hydrogen) atoms. The van der Waals surface area contributed by atoms with E-state index in [4.69, 9.17) is 33.7 Å². The highest BCUT2D eigenvalue weighted by Crippen LogP contribution is 2.64. The van der Waals surface area contributed by atoms with E-state index in [0.717, 1.165) is 0 Å². The zero-order valence-corrected chi connectivity index (χ0v) is 12.3. The van der Waals surface area contributed by atoms with Crippen molar-refractivity contribution >= 4 is 41.1 Å². The maximum Gasteiger partial charge on any atom is 0.318 e. The van der Waals surface area contributed by atoms with Crippen LogP contribution in [-0.2, 0) is 14.3 Å². The predicted molar refractivity (Wildman–Crippen MR) is 69.6 cm³/mol. The van der Waals surface area contributed by atoms with Crippen molar-refractivity contribution in [3.05, 3.63) is 0 Å². The van der Waals surface area contributed by atoms with Crippen LogP contribution in [0.4, 0.5) is 4.79 Å². The van der Waals surface area contributed by atoms with Crippen LogP contribution in [0.1, 0.15) is 27.2 Å². The Morgan fingerprint density at radius 1 is 1.32 bits per heavy atom. The summed E-state index contributed by atoms with van der Waals surface area (Å²) in [5, 5.41) is 1.88. The molecular weight excluding hydrogens is 295 g/mol. The largest absolute Gasteiger partial charge is 0.451 e. The number of nitrogens with one attached hydrogen (secondary N) is 1. The Balaban J connectivity index is 2.73. The maximum atomic E-state index is 12.0. The molecule has 0 unspecified atom stereocenters. The number of carbonyl (C=O) groups is 3. The second kappa shape index (κ2) is 5.17. The van der Waals surface area contributed by atoms with Gasteiger partial charge in [0.05, 0.1) is 0 Å². The Hall–Kier alpha value is -1.01. The number of amides is 3. The van der Waals surface area contributed by atoms with Gasteiger partial charge in [-0.25, -0.2) is 4.79 Å². The summed E-state index contributed by atoms with van der Waals surface area (Å²) < 4.78 is 3.93. The number of alkyl halides is 2. The lowest BCUT2D eigenvalue weighted by Gasteiger charge is -2.22. The van der Waals surface area contributed by atoms with E-state index in [0.29, 0.717) is 0 Å². The third kappa shape index (κ3) is 3.30. The molecule has 1 aliphatic carbocycles. The summed E-state index contributed by atoms with van der Waals surface area (Å²) in [4.78, 5) is 34.3. The molecule has 3 N–H and O–H groups in total. The number of hydrogen-bond acceptors (Lipinski definition) is 4. The average molecular weight is 311 g/mol. The van der Waals surface area contributed by atoms with Crippen molar-refractivity contribution in [3.8, 4) is 0 Å². The molecular formula is C11H16Cl2N2O4. The molecule has 0 bridgehead atoms. The smallest absolute Gasteiger partial charge is 0.318 e. The van der Waals surface area contributed by atoms with Crippen LogP contribution in [0.5, 0.6) is 0 Å². The minimum absolute atomic E-state index is 0.254.